The summed E-state index contributed by atoms with van der Waals surface area (Å²) in [6.07, 6.45) is 0. The standard InChI is InChI=1S/C12H16BrClN2.ClH/c1-9-7-15-4-5-16(9)8-10-2-3-11(13)6-12(10)14;/h2-3,6,9,15H,4-5,7-8H2,1H3;1H/t9-;/m1./s1. The molecule has 0 spiro atoms. The van der Waals surface area contributed by atoms with Gasteiger partial charge in [-0.2, -0.15) is 0 Å². The average molecular weight is 340 g/mol. The predicted molar refractivity (Wildman–Crippen MR) is 79.1 cm³/mol. The van der Waals surface area contributed by atoms with Gasteiger partial charge in [-0.1, -0.05) is 33.6 Å². The number of rotatable bonds is 2. The van der Waals surface area contributed by atoms with Gasteiger partial charge in [0, 0.05) is 41.7 Å². The zero-order valence-electron chi connectivity index (χ0n) is 9.75. The molecule has 2 nitrogen and oxygen atoms in total. The fourth-order valence-corrected chi connectivity index (χ4v) is 2.72. The minimum Gasteiger partial charge on any atom is -0.314 e. The van der Waals surface area contributed by atoms with Crippen LogP contribution in [0.1, 0.15) is 12.5 Å². The molecule has 0 aromatic heterocycles. The zero-order valence-corrected chi connectivity index (χ0v) is 12.9. The molecule has 1 aliphatic heterocycles. The third-order valence-corrected chi connectivity index (χ3v) is 3.87. The highest BCUT2D eigenvalue weighted by molar-refractivity contribution is 9.10. The first kappa shape index (κ1) is 15.3. The third-order valence-electron chi connectivity index (χ3n) is 3.03. The van der Waals surface area contributed by atoms with Crippen LogP contribution in [0.15, 0.2) is 22.7 Å². The van der Waals surface area contributed by atoms with Gasteiger partial charge in [0.15, 0.2) is 0 Å². The second kappa shape index (κ2) is 6.95. The number of piperazine rings is 1. The number of benzene rings is 1. The lowest BCUT2D eigenvalue weighted by molar-refractivity contribution is 0.165. The maximum absolute atomic E-state index is 6.22. The summed E-state index contributed by atoms with van der Waals surface area (Å²) in [5, 5.41) is 4.24. The molecular weight excluding hydrogens is 323 g/mol. The Kier molecular flexibility index (Phi) is 6.24. The molecular formula is C12H17BrCl2N2. The Balaban J connectivity index is 0.00000144. The summed E-state index contributed by atoms with van der Waals surface area (Å²) in [7, 11) is 0. The molecule has 1 atom stereocenters. The van der Waals surface area contributed by atoms with Crippen molar-refractivity contribution in [2.45, 2.75) is 19.5 Å². The third kappa shape index (κ3) is 4.11. The smallest absolute Gasteiger partial charge is 0.0462 e. The predicted octanol–water partition coefficient (Wildman–Crippen LogP) is 3.32. The van der Waals surface area contributed by atoms with Crippen molar-refractivity contribution in [2.24, 2.45) is 0 Å². The van der Waals surface area contributed by atoms with E-state index in [1.807, 2.05) is 12.1 Å². The van der Waals surface area contributed by atoms with E-state index < -0.39 is 0 Å². The summed E-state index contributed by atoms with van der Waals surface area (Å²) in [5.74, 6) is 0. The van der Waals surface area contributed by atoms with Crippen LogP contribution in [0.2, 0.25) is 5.02 Å². The molecule has 0 saturated carbocycles. The maximum Gasteiger partial charge on any atom is 0.0462 e. The lowest BCUT2D eigenvalue weighted by Crippen LogP contribution is -2.49. The van der Waals surface area contributed by atoms with Crippen molar-refractivity contribution >= 4 is 39.9 Å². The fourth-order valence-electron chi connectivity index (χ4n) is 1.99. The molecule has 1 fully saturated rings. The number of hydrogen-bond acceptors (Lipinski definition) is 2. The van der Waals surface area contributed by atoms with Gasteiger partial charge in [0.25, 0.3) is 0 Å². The average Bonchev–Trinajstić information content (AvgIpc) is 2.25. The van der Waals surface area contributed by atoms with E-state index in [2.05, 4.69) is 39.1 Å². The first-order valence-electron chi connectivity index (χ1n) is 5.55. The van der Waals surface area contributed by atoms with Crippen LogP contribution >= 0.6 is 39.9 Å². The molecule has 1 saturated heterocycles. The molecule has 2 rings (SSSR count). The number of nitrogens with zero attached hydrogens (tertiary/aromatic N) is 1. The first-order valence-corrected chi connectivity index (χ1v) is 6.72. The maximum atomic E-state index is 6.22. The molecule has 0 aliphatic carbocycles. The Morgan fingerprint density at radius 2 is 2.29 bits per heavy atom. The van der Waals surface area contributed by atoms with Crippen LogP contribution in [-0.2, 0) is 6.54 Å². The molecule has 5 heteroatoms. The highest BCUT2D eigenvalue weighted by Gasteiger charge is 2.18. The van der Waals surface area contributed by atoms with Crippen molar-refractivity contribution in [3.8, 4) is 0 Å². The van der Waals surface area contributed by atoms with Crippen LogP contribution in [-0.4, -0.2) is 30.6 Å². The van der Waals surface area contributed by atoms with Gasteiger partial charge in [0.05, 0.1) is 0 Å². The van der Waals surface area contributed by atoms with Crippen LogP contribution in [0.4, 0.5) is 0 Å². The molecule has 1 heterocycles. The van der Waals surface area contributed by atoms with E-state index in [9.17, 15) is 0 Å². The summed E-state index contributed by atoms with van der Waals surface area (Å²) < 4.78 is 1.04. The normalized spacial score (nSPS) is 21.0. The van der Waals surface area contributed by atoms with Gasteiger partial charge in [-0.3, -0.25) is 4.90 Å². The van der Waals surface area contributed by atoms with Gasteiger partial charge < -0.3 is 5.32 Å². The Morgan fingerprint density at radius 3 is 2.94 bits per heavy atom. The van der Waals surface area contributed by atoms with E-state index in [4.69, 9.17) is 11.6 Å². The van der Waals surface area contributed by atoms with Crippen LogP contribution in [0, 0.1) is 0 Å². The molecule has 17 heavy (non-hydrogen) atoms. The highest BCUT2D eigenvalue weighted by Crippen LogP contribution is 2.23. The zero-order chi connectivity index (χ0) is 11.5. The van der Waals surface area contributed by atoms with Crippen LogP contribution in [0.3, 0.4) is 0 Å². The molecule has 1 aromatic rings. The van der Waals surface area contributed by atoms with Gasteiger partial charge in [0.2, 0.25) is 0 Å². The van der Waals surface area contributed by atoms with Gasteiger partial charge in [0.1, 0.15) is 0 Å². The van der Waals surface area contributed by atoms with E-state index in [1.165, 1.54) is 5.56 Å². The van der Waals surface area contributed by atoms with Gasteiger partial charge >= 0.3 is 0 Å². The van der Waals surface area contributed by atoms with E-state index in [0.29, 0.717) is 6.04 Å². The van der Waals surface area contributed by atoms with Crippen molar-refractivity contribution < 1.29 is 0 Å². The van der Waals surface area contributed by atoms with E-state index >= 15 is 0 Å². The van der Waals surface area contributed by atoms with Crippen molar-refractivity contribution in [2.75, 3.05) is 19.6 Å². The van der Waals surface area contributed by atoms with Gasteiger partial charge in [-0.25, -0.2) is 0 Å². The molecule has 0 amide bonds. The molecule has 1 aromatic carbocycles. The minimum atomic E-state index is 0. The van der Waals surface area contributed by atoms with E-state index in [0.717, 1.165) is 35.7 Å². The summed E-state index contributed by atoms with van der Waals surface area (Å²) in [4.78, 5) is 2.46. The number of hydrogen-bond donors (Lipinski definition) is 1. The lowest BCUT2D eigenvalue weighted by Gasteiger charge is -2.34. The molecule has 0 bridgehead atoms. The van der Waals surface area contributed by atoms with Crippen molar-refractivity contribution in [3.05, 3.63) is 33.3 Å². The lowest BCUT2D eigenvalue weighted by atomic mass is 10.1. The van der Waals surface area contributed by atoms with Crippen LogP contribution in [0.25, 0.3) is 0 Å². The molecule has 1 aliphatic rings. The molecule has 1 N–H and O–H groups in total. The summed E-state index contributed by atoms with van der Waals surface area (Å²) >= 11 is 9.65. The van der Waals surface area contributed by atoms with Crippen molar-refractivity contribution in [1.82, 2.24) is 10.2 Å². The van der Waals surface area contributed by atoms with Crippen LogP contribution < -0.4 is 5.32 Å². The second-order valence-corrected chi connectivity index (χ2v) is 5.58. The number of halogens is 3. The van der Waals surface area contributed by atoms with E-state index in [1.54, 1.807) is 0 Å². The molecule has 96 valence electrons. The SMILES string of the molecule is C[C@@H]1CNCCN1Cc1ccc(Br)cc1Cl.Cl. The largest absolute Gasteiger partial charge is 0.314 e. The summed E-state index contributed by atoms with van der Waals surface area (Å²) in [6.45, 7) is 6.41. The molecule has 0 unspecified atom stereocenters. The van der Waals surface area contributed by atoms with Gasteiger partial charge in [-0.15, -0.1) is 12.4 Å². The minimum absolute atomic E-state index is 0. The summed E-state index contributed by atoms with van der Waals surface area (Å²) in [5.41, 5.74) is 1.21. The van der Waals surface area contributed by atoms with E-state index in [-0.39, 0.29) is 12.4 Å². The van der Waals surface area contributed by atoms with Gasteiger partial charge in [-0.05, 0) is 24.6 Å². The topological polar surface area (TPSA) is 15.3 Å². The Labute approximate surface area is 122 Å². The number of nitrogens with one attached hydrogen (secondary N) is 1. The first-order chi connectivity index (χ1) is 7.66. The Morgan fingerprint density at radius 1 is 1.53 bits per heavy atom. The van der Waals surface area contributed by atoms with Crippen molar-refractivity contribution in [1.29, 1.82) is 0 Å². The Bertz CT molecular complexity index is 374. The van der Waals surface area contributed by atoms with Crippen molar-refractivity contribution in [3.63, 3.8) is 0 Å². The summed E-state index contributed by atoms with van der Waals surface area (Å²) in [6, 6.07) is 6.69. The van der Waals surface area contributed by atoms with Crippen LogP contribution in [0.5, 0.6) is 0 Å². The monoisotopic (exact) mass is 338 g/mol. The highest BCUT2D eigenvalue weighted by atomic mass is 79.9. The Hall–Kier alpha value is 0.200. The quantitative estimate of drug-likeness (QED) is 0.889. The second-order valence-electron chi connectivity index (χ2n) is 4.26. The molecule has 0 radical (unpaired) electrons. The fraction of sp³-hybridized carbons (Fsp3) is 0.500.